The number of hydrogen-bond donors (Lipinski definition) is 1. The van der Waals surface area contributed by atoms with Crippen molar-refractivity contribution in [2.75, 3.05) is 18.4 Å². The fraction of sp³-hybridized carbons (Fsp3) is 0.667. The molecule has 2 bridgehead atoms. The standard InChI is InChI=1S/C12H17N3O2/c16-12(13-11-3-6-17-14-11)8-10-7-9-1-4-15(10)5-2-9/h3,6,9-10H,1-2,4-5,7-8H2,(H,13,14,16). The molecule has 1 unspecified atom stereocenters. The Kier molecular flexibility index (Phi) is 2.84. The van der Waals surface area contributed by atoms with Gasteiger partial charge in [0.25, 0.3) is 0 Å². The second-order valence-electron chi connectivity index (χ2n) is 5.01. The van der Waals surface area contributed by atoms with E-state index in [1.165, 1.54) is 25.5 Å². The van der Waals surface area contributed by atoms with Crippen molar-refractivity contribution < 1.29 is 9.32 Å². The maximum absolute atomic E-state index is 11.8. The molecule has 1 N–H and O–H groups in total. The minimum Gasteiger partial charge on any atom is -0.363 e. The molecule has 0 saturated carbocycles. The van der Waals surface area contributed by atoms with Crippen LogP contribution in [-0.4, -0.2) is 35.1 Å². The molecule has 0 aromatic carbocycles. The number of carbonyl (C=O) groups excluding carboxylic acids is 1. The van der Waals surface area contributed by atoms with Gasteiger partial charge < -0.3 is 9.84 Å². The Labute approximate surface area is 100 Å². The first-order chi connectivity index (χ1) is 8.31. The molecule has 1 aromatic rings. The third-order valence-electron chi connectivity index (χ3n) is 3.90. The highest BCUT2D eigenvalue weighted by Gasteiger charge is 2.34. The lowest BCUT2D eigenvalue weighted by molar-refractivity contribution is -0.118. The number of amides is 1. The molecule has 1 amide bonds. The number of carbonyl (C=O) groups is 1. The molecule has 3 saturated heterocycles. The average molecular weight is 235 g/mol. The lowest BCUT2D eigenvalue weighted by Crippen LogP contribution is -2.49. The molecule has 5 nitrogen and oxygen atoms in total. The van der Waals surface area contributed by atoms with Crippen molar-refractivity contribution >= 4 is 11.7 Å². The Morgan fingerprint density at radius 1 is 1.53 bits per heavy atom. The molecule has 0 radical (unpaired) electrons. The van der Waals surface area contributed by atoms with Crippen LogP contribution in [-0.2, 0) is 4.79 Å². The Morgan fingerprint density at radius 3 is 2.94 bits per heavy atom. The third-order valence-corrected chi connectivity index (χ3v) is 3.90. The van der Waals surface area contributed by atoms with Crippen LogP contribution in [0.5, 0.6) is 0 Å². The maximum Gasteiger partial charge on any atom is 0.227 e. The quantitative estimate of drug-likeness (QED) is 0.862. The van der Waals surface area contributed by atoms with Crippen LogP contribution in [0.1, 0.15) is 25.7 Å². The van der Waals surface area contributed by atoms with Crippen LogP contribution in [0.4, 0.5) is 5.82 Å². The van der Waals surface area contributed by atoms with Gasteiger partial charge >= 0.3 is 0 Å². The summed E-state index contributed by atoms with van der Waals surface area (Å²) in [6.07, 6.45) is 5.82. The summed E-state index contributed by atoms with van der Waals surface area (Å²) >= 11 is 0. The second-order valence-corrected chi connectivity index (χ2v) is 5.01. The third kappa shape index (κ3) is 2.34. The molecular weight excluding hydrogens is 218 g/mol. The molecular formula is C12H17N3O2. The Bertz CT molecular complexity index is 382. The lowest BCUT2D eigenvalue weighted by atomic mass is 9.82. The van der Waals surface area contributed by atoms with E-state index in [2.05, 4.69) is 19.9 Å². The molecule has 17 heavy (non-hydrogen) atoms. The zero-order valence-corrected chi connectivity index (χ0v) is 9.76. The van der Waals surface area contributed by atoms with Crippen LogP contribution in [0.25, 0.3) is 0 Å². The number of piperidine rings is 3. The van der Waals surface area contributed by atoms with Crippen molar-refractivity contribution in [2.45, 2.75) is 31.7 Å². The maximum atomic E-state index is 11.8. The van der Waals surface area contributed by atoms with Gasteiger partial charge in [-0.3, -0.25) is 9.69 Å². The summed E-state index contributed by atoms with van der Waals surface area (Å²) in [5, 5.41) is 6.43. The van der Waals surface area contributed by atoms with Gasteiger partial charge in [-0.2, -0.15) is 0 Å². The topological polar surface area (TPSA) is 58.4 Å². The average Bonchev–Trinajstić information content (AvgIpc) is 2.83. The summed E-state index contributed by atoms with van der Waals surface area (Å²) in [5.41, 5.74) is 0. The molecule has 1 atom stereocenters. The van der Waals surface area contributed by atoms with Crippen LogP contribution in [0.2, 0.25) is 0 Å². The SMILES string of the molecule is O=C(CC1CC2CCN1CC2)Nc1ccon1. The zero-order valence-electron chi connectivity index (χ0n) is 9.76. The predicted octanol–water partition coefficient (Wildman–Crippen LogP) is 1.49. The Morgan fingerprint density at radius 2 is 2.35 bits per heavy atom. The van der Waals surface area contributed by atoms with Gasteiger partial charge in [0.05, 0.1) is 0 Å². The number of anilines is 1. The van der Waals surface area contributed by atoms with Gasteiger partial charge in [0.15, 0.2) is 5.82 Å². The van der Waals surface area contributed by atoms with E-state index in [0.717, 1.165) is 19.0 Å². The van der Waals surface area contributed by atoms with Crippen molar-refractivity contribution in [1.82, 2.24) is 10.1 Å². The summed E-state index contributed by atoms with van der Waals surface area (Å²) in [5.74, 6) is 1.38. The monoisotopic (exact) mass is 235 g/mol. The fourth-order valence-corrected chi connectivity index (χ4v) is 2.98. The van der Waals surface area contributed by atoms with Crippen LogP contribution >= 0.6 is 0 Å². The van der Waals surface area contributed by atoms with Crippen LogP contribution in [0.3, 0.4) is 0 Å². The first-order valence-corrected chi connectivity index (χ1v) is 6.25. The molecule has 3 aliphatic heterocycles. The lowest BCUT2D eigenvalue weighted by Gasteiger charge is -2.45. The summed E-state index contributed by atoms with van der Waals surface area (Å²) in [6.45, 7) is 2.32. The smallest absolute Gasteiger partial charge is 0.227 e. The van der Waals surface area contributed by atoms with Gasteiger partial charge in [-0.05, 0) is 38.3 Å². The predicted molar refractivity (Wildman–Crippen MR) is 62.5 cm³/mol. The molecule has 3 aliphatic rings. The summed E-state index contributed by atoms with van der Waals surface area (Å²) in [6, 6.07) is 2.08. The van der Waals surface area contributed by atoms with Crippen molar-refractivity contribution in [1.29, 1.82) is 0 Å². The minimum absolute atomic E-state index is 0.0384. The van der Waals surface area contributed by atoms with Crippen molar-refractivity contribution in [3.63, 3.8) is 0 Å². The number of nitrogens with zero attached hydrogens (tertiary/aromatic N) is 2. The molecule has 3 fully saturated rings. The van der Waals surface area contributed by atoms with E-state index < -0.39 is 0 Å². The van der Waals surface area contributed by atoms with Crippen molar-refractivity contribution in [3.8, 4) is 0 Å². The highest BCUT2D eigenvalue weighted by Crippen LogP contribution is 2.33. The minimum atomic E-state index is 0.0384. The first kappa shape index (κ1) is 10.8. The van der Waals surface area contributed by atoms with E-state index in [-0.39, 0.29) is 5.91 Å². The highest BCUT2D eigenvalue weighted by molar-refractivity contribution is 5.90. The van der Waals surface area contributed by atoms with E-state index in [9.17, 15) is 4.79 Å². The number of fused-ring (bicyclic) bond motifs is 3. The highest BCUT2D eigenvalue weighted by atomic mass is 16.5. The van der Waals surface area contributed by atoms with E-state index >= 15 is 0 Å². The second kappa shape index (κ2) is 4.49. The molecule has 92 valence electrons. The van der Waals surface area contributed by atoms with Crippen molar-refractivity contribution in [3.05, 3.63) is 12.3 Å². The molecule has 0 aliphatic carbocycles. The summed E-state index contributed by atoms with van der Waals surface area (Å²) in [4.78, 5) is 14.3. The summed E-state index contributed by atoms with van der Waals surface area (Å²) < 4.78 is 4.68. The van der Waals surface area contributed by atoms with Crippen LogP contribution < -0.4 is 5.32 Å². The Balaban J connectivity index is 1.55. The van der Waals surface area contributed by atoms with Gasteiger partial charge in [0, 0.05) is 18.5 Å². The number of rotatable bonds is 3. The van der Waals surface area contributed by atoms with Gasteiger partial charge in [-0.15, -0.1) is 0 Å². The molecule has 4 rings (SSSR count). The number of nitrogens with one attached hydrogen (secondary N) is 1. The first-order valence-electron chi connectivity index (χ1n) is 6.25. The largest absolute Gasteiger partial charge is 0.363 e. The van der Waals surface area contributed by atoms with Gasteiger partial charge in [-0.25, -0.2) is 0 Å². The molecule has 5 heteroatoms. The fourth-order valence-electron chi connectivity index (χ4n) is 2.98. The summed E-state index contributed by atoms with van der Waals surface area (Å²) in [7, 11) is 0. The zero-order chi connectivity index (χ0) is 11.7. The normalized spacial score (nSPS) is 31.4. The van der Waals surface area contributed by atoms with E-state index in [1.54, 1.807) is 6.07 Å². The van der Waals surface area contributed by atoms with Gasteiger partial charge in [0.1, 0.15) is 6.26 Å². The molecule has 1 aromatic heterocycles. The van der Waals surface area contributed by atoms with E-state index in [4.69, 9.17) is 0 Å². The van der Waals surface area contributed by atoms with Crippen LogP contribution in [0.15, 0.2) is 16.9 Å². The molecule has 4 heterocycles. The number of aromatic nitrogens is 1. The van der Waals surface area contributed by atoms with Crippen LogP contribution in [0, 0.1) is 5.92 Å². The van der Waals surface area contributed by atoms with E-state index in [0.29, 0.717) is 18.3 Å². The Hall–Kier alpha value is -1.36. The van der Waals surface area contributed by atoms with Gasteiger partial charge in [0.2, 0.25) is 5.91 Å². The number of hydrogen-bond acceptors (Lipinski definition) is 4. The van der Waals surface area contributed by atoms with Gasteiger partial charge in [-0.1, -0.05) is 5.16 Å². The molecule has 0 spiro atoms. The van der Waals surface area contributed by atoms with Crippen molar-refractivity contribution in [2.24, 2.45) is 5.92 Å². The van der Waals surface area contributed by atoms with E-state index in [1.807, 2.05) is 0 Å².